The van der Waals surface area contributed by atoms with E-state index in [1.807, 2.05) is 6.07 Å². The lowest BCUT2D eigenvalue weighted by Gasteiger charge is -2.17. The first-order chi connectivity index (χ1) is 12.1. The first-order valence-corrected chi connectivity index (χ1v) is 8.35. The molecule has 25 heavy (non-hydrogen) atoms. The van der Waals surface area contributed by atoms with Crippen LogP contribution in [-0.4, -0.2) is 37.1 Å². The standard InChI is InChI=1S/C18H18ClN3O3/c1-25-18(24)12-4-5-15(19)16(9-12)21-17(23)13-8-14(11-20-10-13)22-6-2-3-7-22/h4-5,8-11H,2-3,6-7H2,1H3,(H,21,23). The van der Waals surface area contributed by atoms with Crippen LogP contribution in [0.3, 0.4) is 0 Å². The molecule has 0 aliphatic carbocycles. The Balaban J connectivity index is 1.80. The molecule has 1 aromatic carbocycles. The number of aromatic nitrogens is 1. The molecule has 1 aliphatic rings. The minimum absolute atomic E-state index is 0.311. The number of nitrogens with one attached hydrogen (secondary N) is 1. The highest BCUT2D eigenvalue weighted by molar-refractivity contribution is 6.34. The van der Waals surface area contributed by atoms with Gasteiger partial charge in [0.2, 0.25) is 0 Å². The molecule has 0 bridgehead atoms. The van der Waals surface area contributed by atoms with Gasteiger partial charge in [-0.05, 0) is 37.1 Å². The predicted octanol–water partition coefficient (Wildman–Crippen LogP) is 3.37. The number of ether oxygens (including phenoxy) is 1. The van der Waals surface area contributed by atoms with Crippen molar-refractivity contribution in [2.75, 3.05) is 30.4 Å². The molecule has 1 aliphatic heterocycles. The number of pyridine rings is 1. The summed E-state index contributed by atoms with van der Waals surface area (Å²) >= 11 is 6.12. The second kappa shape index (κ2) is 7.53. The Morgan fingerprint density at radius 1 is 1.16 bits per heavy atom. The lowest BCUT2D eigenvalue weighted by Crippen LogP contribution is -2.19. The van der Waals surface area contributed by atoms with Crippen LogP contribution in [0.1, 0.15) is 33.6 Å². The van der Waals surface area contributed by atoms with Crippen LogP contribution >= 0.6 is 11.6 Å². The fraction of sp³-hybridized carbons (Fsp3) is 0.278. The number of methoxy groups -OCH3 is 1. The molecule has 0 radical (unpaired) electrons. The minimum Gasteiger partial charge on any atom is -0.465 e. The van der Waals surface area contributed by atoms with Crippen molar-refractivity contribution in [3.8, 4) is 0 Å². The van der Waals surface area contributed by atoms with Crippen molar-refractivity contribution < 1.29 is 14.3 Å². The number of carbonyl (C=O) groups excluding carboxylic acids is 2. The summed E-state index contributed by atoms with van der Waals surface area (Å²) in [6, 6.07) is 6.39. The zero-order valence-corrected chi connectivity index (χ0v) is 14.5. The third kappa shape index (κ3) is 3.91. The smallest absolute Gasteiger partial charge is 0.337 e. The van der Waals surface area contributed by atoms with Gasteiger partial charge in [0.15, 0.2) is 0 Å². The van der Waals surface area contributed by atoms with Crippen molar-refractivity contribution in [2.24, 2.45) is 0 Å². The van der Waals surface area contributed by atoms with Crippen molar-refractivity contribution >= 4 is 34.9 Å². The van der Waals surface area contributed by atoms with Gasteiger partial charge < -0.3 is 15.0 Å². The van der Waals surface area contributed by atoms with E-state index in [0.717, 1.165) is 31.6 Å². The average molecular weight is 360 g/mol. The first-order valence-electron chi connectivity index (χ1n) is 7.97. The maximum Gasteiger partial charge on any atom is 0.337 e. The number of hydrogen-bond donors (Lipinski definition) is 1. The van der Waals surface area contributed by atoms with Gasteiger partial charge in [0.1, 0.15) is 0 Å². The second-order valence-electron chi connectivity index (χ2n) is 5.77. The molecule has 130 valence electrons. The summed E-state index contributed by atoms with van der Waals surface area (Å²) < 4.78 is 4.68. The number of nitrogens with zero attached hydrogens (tertiary/aromatic N) is 2. The zero-order chi connectivity index (χ0) is 17.8. The van der Waals surface area contributed by atoms with Crippen LogP contribution in [0.5, 0.6) is 0 Å². The molecule has 1 aromatic heterocycles. The van der Waals surface area contributed by atoms with Gasteiger partial charge in [0.05, 0.1) is 40.8 Å². The number of hydrogen-bond acceptors (Lipinski definition) is 5. The van der Waals surface area contributed by atoms with Gasteiger partial charge in [-0.3, -0.25) is 9.78 Å². The minimum atomic E-state index is -0.495. The zero-order valence-electron chi connectivity index (χ0n) is 13.8. The van der Waals surface area contributed by atoms with E-state index in [1.165, 1.54) is 19.4 Å². The number of rotatable bonds is 4. The normalized spacial score (nSPS) is 13.6. The predicted molar refractivity (Wildman–Crippen MR) is 96.4 cm³/mol. The van der Waals surface area contributed by atoms with Gasteiger partial charge in [-0.25, -0.2) is 4.79 Å². The maximum absolute atomic E-state index is 12.5. The van der Waals surface area contributed by atoms with Crippen molar-refractivity contribution in [3.63, 3.8) is 0 Å². The van der Waals surface area contributed by atoms with E-state index in [1.54, 1.807) is 18.3 Å². The van der Waals surface area contributed by atoms with Crippen LogP contribution in [-0.2, 0) is 4.74 Å². The molecule has 0 saturated carbocycles. The third-order valence-corrected chi connectivity index (χ3v) is 4.42. The Labute approximate surface area is 150 Å². The molecule has 1 fully saturated rings. The van der Waals surface area contributed by atoms with E-state index in [9.17, 15) is 9.59 Å². The highest BCUT2D eigenvalue weighted by Crippen LogP contribution is 2.25. The number of amides is 1. The Hall–Kier alpha value is -2.60. The largest absolute Gasteiger partial charge is 0.465 e. The highest BCUT2D eigenvalue weighted by Gasteiger charge is 2.16. The van der Waals surface area contributed by atoms with Crippen LogP contribution in [0.25, 0.3) is 0 Å². The van der Waals surface area contributed by atoms with Crippen LogP contribution in [0.2, 0.25) is 5.02 Å². The van der Waals surface area contributed by atoms with Gasteiger partial charge >= 0.3 is 5.97 Å². The van der Waals surface area contributed by atoms with Gasteiger partial charge in [0, 0.05) is 19.3 Å². The number of benzene rings is 1. The maximum atomic E-state index is 12.5. The molecule has 0 unspecified atom stereocenters. The van der Waals surface area contributed by atoms with Gasteiger partial charge in [-0.2, -0.15) is 0 Å². The quantitative estimate of drug-likeness (QED) is 0.847. The molecular weight excluding hydrogens is 342 g/mol. The van der Waals surface area contributed by atoms with E-state index in [4.69, 9.17) is 11.6 Å². The number of esters is 1. The molecular formula is C18H18ClN3O3. The molecule has 1 saturated heterocycles. The van der Waals surface area contributed by atoms with Crippen molar-refractivity contribution in [1.82, 2.24) is 4.98 Å². The van der Waals surface area contributed by atoms with E-state index in [2.05, 4.69) is 19.9 Å². The van der Waals surface area contributed by atoms with E-state index in [-0.39, 0.29) is 5.91 Å². The van der Waals surface area contributed by atoms with Crippen LogP contribution < -0.4 is 10.2 Å². The van der Waals surface area contributed by atoms with Gasteiger partial charge in [-0.15, -0.1) is 0 Å². The average Bonchev–Trinajstić information content (AvgIpc) is 3.17. The fourth-order valence-corrected chi connectivity index (χ4v) is 2.93. The summed E-state index contributed by atoms with van der Waals surface area (Å²) in [6.45, 7) is 1.94. The Kier molecular flexibility index (Phi) is 5.19. The number of anilines is 2. The molecule has 2 heterocycles. The summed E-state index contributed by atoms with van der Waals surface area (Å²) in [6.07, 6.45) is 5.55. The topological polar surface area (TPSA) is 71.5 Å². The molecule has 0 spiro atoms. The molecule has 1 N–H and O–H groups in total. The Morgan fingerprint density at radius 2 is 1.92 bits per heavy atom. The highest BCUT2D eigenvalue weighted by atomic mass is 35.5. The Morgan fingerprint density at radius 3 is 2.64 bits per heavy atom. The van der Waals surface area contributed by atoms with Crippen molar-refractivity contribution in [3.05, 3.63) is 52.8 Å². The van der Waals surface area contributed by atoms with Crippen LogP contribution in [0.4, 0.5) is 11.4 Å². The molecule has 2 aromatic rings. The lowest BCUT2D eigenvalue weighted by molar-refractivity contribution is 0.0600. The Bertz CT molecular complexity index is 804. The van der Waals surface area contributed by atoms with E-state index < -0.39 is 5.97 Å². The van der Waals surface area contributed by atoms with E-state index in [0.29, 0.717) is 21.8 Å². The monoisotopic (exact) mass is 359 g/mol. The lowest BCUT2D eigenvalue weighted by atomic mass is 10.2. The fourth-order valence-electron chi connectivity index (χ4n) is 2.76. The molecule has 6 nitrogen and oxygen atoms in total. The SMILES string of the molecule is COC(=O)c1ccc(Cl)c(NC(=O)c2cncc(N3CCCC3)c2)c1. The summed E-state index contributed by atoms with van der Waals surface area (Å²) in [5, 5.41) is 3.06. The van der Waals surface area contributed by atoms with E-state index >= 15 is 0 Å². The van der Waals surface area contributed by atoms with Gasteiger partial charge in [-0.1, -0.05) is 11.6 Å². The third-order valence-electron chi connectivity index (χ3n) is 4.09. The van der Waals surface area contributed by atoms with Crippen molar-refractivity contribution in [2.45, 2.75) is 12.8 Å². The second-order valence-corrected chi connectivity index (χ2v) is 6.17. The molecule has 0 atom stereocenters. The summed E-state index contributed by atoms with van der Waals surface area (Å²) in [7, 11) is 1.30. The summed E-state index contributed by atoms with van der Waals surface area (Å²) in [5.74, 6) is -0.831. The van der Waals surface area contributed by atoms with Crippen LogP contribution in [0, 0.1) is 0 Å². The first kappa shape index (κ1) is 17.2. The number of carbonyl (C=O) groups is 2. The van der Waals surface area contributed by atoms with Crippen LogP contribution in [0.15, 0.2) is 36.7 Å². The summed E-state index contributed by atoms with van der Waals surface area (Å²) in [5.41, 5.74) is 2.02. The molecule has 3 rings (SSSR count). The summed E-state index contributed by atoms with van der Waals surface area (Å²) in [4.78, 5) is 30.5. The van der Waals surface area contributed by atoms with Gasteiger partial charge in [0.25, 0.3) is 5.91 Å². The molecule has 7 heteroatoms. The van der Waals surface area contributed by atoms with Crippen molar-refractivity contribution in [1.29, 1.82) is 0 Å². The molecule has 1 amide bonds. The number of halogens is 1.